The van der Waals surface area contributed by atoms with E-state index < -0.39 is 0 Å². The molecule has 2 aromatic rings. The lowest BCUT2D eigenvalue weighted by atomic mass is 9.44. The average molecular weight is 613 g/mol. The third-order valence-corrected chi connectivity index (χ3v) is 13.3. The van der Waals surface area contributed by atoms with Crippen LogP contribution in [-0.4, -0.2) is 24.1 Å². The van der Waals surface area contributed by atoms with Crippen LogP contribution in [0.4, 0.5) is 0 Å². The summed E-state index contributed by atoms with van der Waals surface area (Å²) < 4.78 is 12.6. The van der Waals surface area contributed by atoms with Gasteiger partial charge in [0.25, 0.3) is 0 Å². The highest BCUT2D eigenvalue weighted by molar-refractivity contribution is 5.89. The molecule has 10 atom stereocenters. The van der Waals surface area contributed by atoms with Crippen LogP contribution in [0.25, 0.3) is 0 Å². The van der Waals surface area contributed by atoms with Gasteiger partial charge in [-0.2, -0.15) is 0 Å². The summed E-state index contributed by atoms with van der Waals surface area (Å²) in [5, 5.41) is 0. The third kappa shape index (κ3) is 6.37. The fraction of sp³-hybridized carbons (Fsp3) is 0.659. The second kappa shape index (κ2) is 13.2. The van der Waals surface area contributed by atoms with Gasteiger partial charge in [0.15, 0.2) is 0 Å². The van der Waals surface area contributed by atoms with Gasteiger partial charge in [0.2, 0.25) is 0 Å². The minimum Gasteiger partial charge on any atom is -0.459 e. The molecule has 0 heterocycles. The van der Waals surface area contributed by atoms with Crippen molar-refractivity contribution in [2.75, 3.05) is 0 Å². The molecule has 3 unspecified atom stereocenters. The van der Waals surface area contributed by atoms with Gasteiger partial charge in [-0.1, -0.05) is 90.3 Å². The number of carbonyl (C=O) groups excluding carboxylic acids is 2. The summed E-state index contributed by atoms with van der Waals surface area (Å²) in [5.41, 5.74) is 1.81. The number of hydrogen-bond donors (Lipinski definition) is 0. The molecule has 0 amide bonds. The van der Waals surface area contributed by atoms with Crippen LogP contribution < -0.4 is 0 Å². The number of fused-ring (bicyclic) bond motifs is 5. The Morgan fingerprint density at radius 2 is 1.36 bits per heavy atom. The molecule has 4 saturated carbocycles. The lowest BCUT2D eigenvalue weighted by molar-refractivity contribution is -0.131. The largest absolute Gasteiger partial charge is 0.459 e. The van der Waals surface area contributed by atoms with Crippen LogP contribution in [0.1, 0.15) is 126 Å². The predicted molar refractivity (Wildman–Crippen MR) is 180 cm³/mol. The predicted octanol–water partition coefficient (Wildman–Crippen LogP) is 10.2. The summed E-state index contributed by atoms with van der Waals surface area (Å²) in [5.74, 6) is 3.89. The third-order valence-electron chi connectivity index (χ3n) is 13.3. The molecule has 4 aliphatic carbocycles. The number of rotatable bonds is 9. The van der Waals surface area contributed by atoms with Crippen LogP contribution in [0.3, 0.4) is 0 Å². The average Bonchev–Trinajstić information content (AvgIpc) is 3.33. The summed E-state index contributed by atoms with van der Waals surface area (Å²) in [6.07, 6.45) is 12.8. The molecule has 0 aliphatic heterocycles. The molecule has 244 valence electrons. The lowest BCUT2D eigenvalue weighted by Gasteiger charge is -2.61. The lowest BCUT2D eigenvalue weighted by Crippen LogP contribution is -2.54. The Morgan fingerprint density at radius 1 is 0.733 bits per heavy atom. The number of benzene rings is 2. The first kappa shape index (κ1) is 32.3. The van der Waals surface area contributed by atoms with Gasteiger partial charge in [-0.25, -0.2) is 9.59 Å². The highest BCUT2D eigenvalue weighted by Crippen LogP contribution is 2.69. The van der Waals surface area contributed by atoms with E-state index in [1.807, 2.05) is 60.7 Å². The van der Waals surface area contributed by atoms with Crippen molar-refractivity contribution in [3.05, 3.63) is 71.8 Å². The van der Waals surface area contributed by atoms with Crippen LogP contribution >= 0.6 is 0 Å². The quantitative estimate of drug-likeness (QED) is 0.264. The zero-order valence-corrected chi connectivity index (χ0v) is 28.4. The van der Waals surface area contributed by atoms with E-state index in [9.17, 15) is 9.59 Å². The molecule has 0 N–H and O–H groups in total. The maximum atomic E-state index is 13.4. The van der Waals surface area contributed by atoms with Crippen molar-refractivity contribution >= 4 is 11.9 Å². The topological polar surface area (TPSA) is 52.6 Å². The minimum atomic E-state index is -0.179. The molecular weight excluding hydrogens is 556 g/mol. The molecule has 4 nitrogen and oxygen atoms in total. The fourth-order valence-corrected chi connectivity index (χ4v) is 11.1. The van der Waals surface area contributed by atoms with E-state index in [0.717, 1.165) is 31.6 Å². The van der Waals surface area contributed by atoms with E-state index in [1.54, 1.807) is 0 Å². The SMILES string of the molecule is CC(C)CCC[C@@H](C)[C@H]1C(OC(=O)c2ccccc2)C[C@H]2[C@@H]3CCC4CC(OC(=O)c5ccccc5)CC[C@]4(C)[C@H]3CC[C@]12C. The Balaban J connectivity index is 1.19. The Morgan fingerprint density at radius 3 is 2.00 bits per heavy atom. The summed E-state index contributed by atoms with van der Waals surface area (Å²) in [6, 6.07) is 19.0. The molecule has 4 fully saturated rings. The van der Waals surface area contributed by atoms with Crippen molar-refractivity contribution in [1.82, 2.24) is 0 Å². The first-order valence-electron chi connectivity index (χ1n) is 18.1. The maximum absolute atomic E-state index is 13.4. The van der Waals surface area contributed by atoms with Gasteiger partial charge in [-0.3, -0.25) is 0 Å². The van der Waals surface area contributed by atoms with Crippen LogP contribution in [0.2, 0.25) is 0 Å². The second-order valence-corrected chi connectivity index (χ2v) is 16.2. The van der Waals surface area contributed by atoms with Crippen molar-refractivity contribution in [1.29, 1.82) is 0 Å². The van der Waals surface area contributed by atoms with E-state index in [4.69, 9.17) is 9.47 Å². The van der Waals surface area contributed by atoms with Gasteiger partial charge >= 0.3 is 11.9 Å². The van der Waals surface area contributed by atoms with E-state index in [-0.39, 0.29) is 35.0 Å². The monoisotopic (exact) mass is 612 g/mol. The smallest absolute Gasteiger partial charge is 0.338 e. The van der Waals surface area contributed by atoms with Gasteiger partial charge in [-0.15, -0.1) is 0 Å². The van der Waals surface area contributed by atoms with E-state index in [2.05, 4.69) is 34.6 Å². The van der Waals surface area contributed by atoms with Crippen molar-refractivity contribution < 1.29 is 19.1 Å². The summed E-state index contributed by atoms with van der Waals surface area (Å²) in [4.78, 5) is 26.3. The summed E-state index contributed by atoms with van der Waals surface area (Å²) in [7, 11) is 0. The zero-order chi connectivity index (χ0) is 31.8. The van der Waals surface area contributed by atoms with E-state index >= 15 is 0 Å². The van der Waals surface area contributed by atoms with E-state index in [1.165, 1.54) is 44.9 Å². The Hall–Kier alpha value is -2.62. The molecule has 4 aliphatic rings. The normalized spacial score (nSPS) is 36.4. The van der Waals surface area contributed by atoms with Gasteiger partial charge in [0.1, 0.15) is 12.2 Å². The second-order valence-electron chi connectivity index (χ2n) is 16.2. The van der Waals surface area contributed by atoms with Crippen molar-refractivity contribution in [2.45, 2.75) is 117 Å². The number of esters is 2. The van der Waals surface area contributed by atoms with Gasteiger partial charge in [0, 0.05) is 5.92 Å². The number of hydrogen-bond acceptors (Lipinski definition) is 4. The molecule has 45 heavy (non-hydrogen) atoms. The van der Waals surface area contributed by atoms with Gasteiger partial charge in [-0.05, 0) is 122 Å². The maximum Gasteiger partial charge on any atom is 0.338 e. The van der Waals surface area contributed by atoms with Crippen LogP contribution in [0.15, 0.2) is 60.7 Å². The highest BCUT2D eigenvalue weighted by atomic mass is 16.5. The van der Waals surface area contributed by atoms with Crippen molar-refractivity contribution in [3.63, 3.8) is 0 Å². The Labute approximate surface area is 272 Å². The zero-order valence-electron chi connectivity index (χ0n) is 28.4. The Kier molecular flexibility index (Phi) is 9.51. The standard InChI is InChI=1S/C41H56O4/c1-27(2)13-12-14-28(3)37-36(45-39(43)30-17-10-7-11-18-30)26-35-33-20-19-31-25-32(44-38(42)29-15-8-6-9-16-29)21-23-40(31,4)34(33)22-24-41(35,37)5/h6-11,15-18,27-28,31-37H,12-14,19-26H2,1-5H3/t28-,31?,32?,33-,34+,35+,36?,37+,40+,41+/m1/s1. The first-order valence-corrected chi connectivity index (χ1v) is 18.1. The highest BCUT2D eigenvalue weighted by Gasteiger charge is 2.63. The van der Waals surface area contributed by atoms with Gasteiger partial charge in [0.05, 0.1) is 11.1 Å². The molecular formula is C41H56O4. The molecule has 0 radical (unpaired) electrons. The molecule has 4 heteroatoms. The molecule has 0 bridgehead atoms. The van der Waals surface area contributed by atoms with Crippen LogP contribution in [0.5, 0.6) is 0 Å². The van der Waals surface area contributed by atoms with Crippen LogP contribution in [0, 0.1) is 52.3 Å². The van der Waals surface area contributed by atoms with Crippen molar-refractivity contribution in [3.8, 4) is 0 Å². The summed E-state index contributed by atoms with van der Waals surface area (Å²) in [6.45, 7) is 12.2. The number of ether oxygens (including phenoxy) is 2. The Bertz CT molecular complexity index is 1310. The molecule has 6 rings (SSSR count). The van der Waals surface area contributed by atoms with Crippen molar-refractivity contribution in [2.24, 2.45) is 52.3 Å². The fourth-order valence-electron chi connectivity index (χ4n) is 11.1. The van der Waals surface area contributed by atoms with E-state index in [0.29, 0.717) is 46.6 Å². The van der Waals surface area contributed by atoms with Crippen LogP contribution in [-0.2, 0) is 9.47 Å². The molecule has 0 aromatic heterocycles. The molecule has 0 saturated heterocycles. The minimum absolute atomic E-state index is 0.0147. The number of carbonyl (C=O) groups is 2. The van der Waals surface area contributed by atoms with Gasteiger partial charge < -0.3 is 9.47 Å². The first-order chi connectivity index (χ1) is 21.6. The summed E-state index contributed by atoms with van der Waals surface area (Å²) >= 11 is 0. The molecule has 2 aromatic carbocycles. The molecule has 0 spiro atoms.